The fraction of sp³-hybridized carbons (Fsp3) is 0.576. The Kier molecular flexibility index (Phi) is 7.34. The zero-order chi connectivity index (χ0) is 29.8. The molecule has 2 saturated heterocycles. The third kappa shape index (κ3) is 5.27. The van der Waals surface area contributed by atoms with Crippen LogP contribution in [-0.4, -0.2) is 77.3 Å². The van der Waals surface area contributed by atoms with E-state index in [1.165, 1.54) is 18.5 Å². The fourth-order valence-electron chi connectivity index (χ4n) is 7.85. The molecule has 43 heavy (non-hydrogen) atoms. The van der Waals surface area contributed by atoms with Crippen LogP contribution in [0.25, 0.3) is 11.3 Å². The standard InChI is InChI=1S/C33H41FN6O3/c1-21(2)29(23-15-33(16-23,41-3)42-4)40-18-32(19-40)11-13-39(17-32)30-31(38-37-20-36-30)43-27-10-9-24(34)14-26(27)28-25(22-7-8-22)6-5-12-35-28/h5-6,9-10,12,14,20-23,29H,7-8,11,13,15-19H2,1-4H3. The molecule has 2 aromatic heterocycles. The van der Waals surface area contributed by atoms with E-state index in [1.807, 2.05) is 6.07 Å². The Morgan fingerprint density at radius 2 is 1.81 bits per heavy atom. The minimum atomic E-state index is -0.415. The van der Waals surface area contributed by atoms with E-state index in [2.05, 4.69) is 49.9 Å². The van der Waals surface area contributed by atoms with Crippen molar-refractivity contribution in [1.29, 1.82) is 0 Å². The first kappa shape index (κ1) is 28.6. The van der Waals surface area contributed by atoms with Crippen LogP contribution in [-0.2, 0) is 9.47 Å². The third-order valence-electron chi connectivity index (χ3n) is 10.1. The average Bonchev–Trinajstić information content (AvgIpc) is 3.73. The monoisotopic (exact) mass is 588 g/mol. The van der Waals surface area contributed by atoms with Crippen molar-refractivity contribution >= 4 is 5.82 Å². The quantitative estimate of drug-likeness (QED) is 0.278. The molecule has 1 unspecified atom stereocenters. The first-order valence-corrected chi connectivity index (χ1v) is 15.5. The molecule has 4 fully saturated rings. The molecule has 1 atom stereocenters. The van der Waals surface area contributed by atoms with Gasteiger partial charge in [-0.25, -0.2) is 9.37 Å². The van der Waals surface area contributed by atoms with Crippen LogP contribution in [0.4, 0.5) is 10.2 Å². The minimum Gasteiger partial charge on any atom is -0.434 e. The lowest BCUT2D eigenvalue weighted by Gasteiger charge is -2.58. The summed E-state index contributed by atoms with van der Waals surface area (Å²) in [6.07, 6.45) is 8.43. The number of likely N-dealkylation sites (tertiary alicyclic amines) is 1. The summed E-state index contributed by atoms with van der Waals surface area (Å²) >= 11 is 0. The van der Waals surface area contributed by atoms with Gasteiger partial charge in [-0.2, -0.15) is 0 Å². The van der Waals surface area contributed by atoms with E-state index in [9.17, 15) is 4.39 Å². The summed E-state index contributed by atoms with van der Waals surface area (Å²) in [4.78, 5) is 14.2. The summed E-state index contributed by atoms with van der Waals surface area (Å²) in [5, 5.41) is 8.39. The van der Waals surface area contributed by atoms with E-state index in [0.717, 1.165) is 69.5 Å². The van der Waals surface area contributed by atoms with Crippen LogP contribution >= 0.6 is 0 Å². The van der Waals surface area contributed by atoms with Gasteiger partial charge in [-0.3, -0.25) is 9.88 Å². The van der Waals surface area contributed by atoms with E-state index in [-0.39, 0.29) is 11.2 Å². The summed E-state index contributed by atoms with van der Waals surface area (Å²) in [7, 11) is 3.49. The van der Waals surface area contributed by atoms with Gasteiger partial charge in [0, 0.05) is 76.5 Å². The van der Waals surface area contributed by atoms with Crippen molar-refractivity contribution in [2.75, 3.05) is 45.3 Å². The van der Waals surface area contributed by atoms with E-state index in [1.54, 1.807) is 26.5 Å². The summed E-state index contributed by atoms with van der Waals surface area (Å²) in [6.45, 7) is 8.55. The molecular formula is C33H41FN6O3. The van der Waals surface area contributed by atoms with Crippen LogP contribution in [0.2, 0.25) is 0 Å². The number of pyridine rings is 1. The molecule has 2 saturated carbocycles. The molecule has 2 aliphatic carbocycles. The highest BCUT2D eigenvalue weighted by Crippen LogP contribution is 2.51. The van der Waals surface area contributed by atoms with Gasteiger partial charge in [0.1, 0.15) is 17.9 Å². The molecule has 0 N–H and O–H groups in total. The number of benzene rings is 1. The number of halogens is 1. The largest absolute Gasteiger partial charge is 0.434 e. The average molecular weight is 589 g/mol. The molecule has 7 rings (SSSR count). The molecule has 4 heterocycles. The van der Waals surface area contributed by atoms with Crippen molar-refractivity contribution in [3.05, 3.63) is 54.2 Å². The van der Waals surface area contributed by atoms with Gasteiger partial charge in [0.15, 0.2) is 11.6 Å². The lowest BCUT2D eigenvalue weighted by atomic mass is 9.67. The number of aromatic nitrogens is 4. The van der Waals surface area contributed by atoms with Crippen LogP contribution in [0, 0.1) is 23.1 Å². The number of anilines is 1. The molecule has 1 aromatic carbocycles. The Balaban J connectivity index is 1.07. The van der Waals surface area contributed by atoms with Crippen molar-refractivity contribution in [2.24, 2.45) is 17.3 Å². The Hall–Kier alpha value is -3.21. The summed E-state index contributed by atoms with van der Waals surface area (Å²) in [5.74, 6) is 2.34. The molecule has 2 aliphatic heterocycles. The van der Waals surface area contributed by atoms with Gasteiger partial charge in [-0.15, -0.1) is 10.2 Å². The molecule has 0 bridgehead atoms. The van der Waals surface area contributed by atoms with Gasteiger partial charge < -0.3 is 19.1 Å². The van der Waals surface area contributed by atoms with Crippen molar-refractivity contribution in [3.63, 3.8) is 0 Å². The molecule has 10 heteroatoms. The maximum Gasteiger partial charge on any atom is 0.282 e. The number of ether oxygens (including phenoxy) is 3. The topological polar surface area (TPSA) is 85.7 Å². The van der Waals surface area contributed by atoms with Crippen molar-refractivity contribution in [2.45, 2.75) is 63.7 Å². The zero-order valence-electron chi connectivity index (χ0n) is 25.5. The van der Waals surface area contributed by atoms with Gasteiger partial charge in [0.25, 0.3) is 5.88 Å². The van der Waals surface area contributed by atoms with Gasteiger partial charge in [-0.1, -0.05) is 19.9 Å². The number of nitrogens with zero attached hydrogens (tertiary/aromatic N) is 6. The smallest absolute Gasteiger partial charge is 0.282 e. The van der Waals surface area contributed by atoms with Crippen LogP contribution in [0.5, 0.6) is 11.6 Å². The summed E-state index contributed by atoms with van der Waals surface area (Å²) in [6, 6.07) is 9.09. The Morgan fingerprint density at radius 1 is 1.02 bits per heavy atom. The van der Waals surface area contributed by atoms with Crippen LogP contribution in [0.3, 0.4) is 0 Å². The molecule has 0 radical (unpaired) electrons. The second-order valence-corrected chi connectivity index (χ2v) is 13.3. The molecule has 4 aliphatic rings. The zero-order valence-corrected chi connectivity index (χ0v) is 25.5. The molecule has 1 spiro atoms. The third-order valence-corrected chi connectivity index (χ3v) is 10.1. The van der Waals surface area contributed by atoms with Crippen molar-refractivity contribution < 1.29 is 18.6 Å². The van der Waals surface area contributed by atoms with E-state index in [4.69, 9.17) is 14.2 Å². The Labute approximate surface area is 252 Å². The number of methoxy groups -OCH3 is 2. The normalized spacial score (nSPS) is 22.0. The maximum absolute atomic E-state index is 14.5. The highest BCUT2D eigenvalue weighted by Gasteiger charge is 2.56. The lowest BCUT2D eigenvalue weighted by Crippen LogP contribution is -2.66. The van der Waals surface area contributed by atoms with E-state index < -0.39 is 5.79 Å². The van der Waals surface area contributed by atoms with Gasteiger partial charge in [0.05, 0.1) is 5.69 Å². The van der Waals surface area contributed by atoms with Crippen molar-refractivity contribution in [1.82, 2.24) is 25.1 Å². The van der Waals surface area contributed by atoms with Crippen LogP contribution < -0.4 is 9.64 Å². The number of hydrogen-bond acceptors (Lipinski definition) is 9. The summed E-state index contributed by atoms with van der Waals surface area (Å²) in [5.41, 5.74) is 2.72. The summed E-state index contributed by atoms with van der Waals surface area (Å²) < 4.78 is 32.3. The van der Waals surface area contributed by atoms with Crippen molar-refractivity contribution in [3.8, 4) is 22.9 Å². The number of hydrogen-bond donors (Lipinski definition) is 0. The maximum atomic E-state index is 14.5. The highest BCUT2D eigenvalue weighted by molar-refractivity contribution is 5.72. The number of rotatable bonds is 10. The predicted molar refractivity (Wildman–Crippen MR) is 160 cm³/mol. The Bertz CT molecular complexity index is 1460. The van der Waals surface area contributed by atoms with Crippen LogP contribution in [0.1, 0.15) is 57.4 Å². The van der Waals surface area contributed by atoms with Gasteiger partial charge >= 0.3 is 0 Å². The van der Waals surface area contributed by atoms with Crippen LogP contribution in [0.15, 0.2) is 42.9 Å². The van der Waals surface area contributed by atoms with E-state index >= 15 is 0 Å². The lowest BCUT2D eigenvalue weighted by molar-refractivity contribution is -0.282. The van der Waals surface area contributed by atoms with E-state index in [0.29, 0.717) is 46.8 Å². The van der Waals surface area contributed by atoms with Gasteiger partial charge in [0.2, 0.25) is 0 Å². The van der Waals surface area contributed by atoms with Gasteiger partial charge in [-0.05, 0) is 66.8 Å². The first-order chi connectivity index (χ1) is 20.8. The second-order valence-electron chi connectivity index (χ2n) is 13.3. The molecule has 228 valence electrons. The molecule has 0 amide bonds. The minimum absolute atomic E-state index is 0.215. The Morgan fingerprint density at radius 3 is 2.53 bits per heavy atom. The molecular weight excluding hydrogens is 547 g/mol. The SMILES string of the molecule is COC1(OC)CC(C(C(C)C)N2CC3(CCN(c4ncnnc4Oc4ccc(F)cc4-c4ncccc4C4CC4)C3)C2)C1. The molecule has 9 nitrogen and oxygen atoms in total. The predicted octanol–water partition coefficient (Wildman–Crippen LogP) is 5.68. The first-order valence-electron chi connectivity index (χ1n) is 15.5. The molecule has 3 aromatic rings. The highest BCUT2D eigenvalue weighted by atomic mass is 19.1. The second kappa shape index (κ2) is 11.1. The fourth-order valence-corrected chi connectivity index (χ4v) is 7.85.